The summed E-state index contributed by atoms with van der Waals surface area (Å²) >= 11 is 0. The topological polar surface area (TPSA) is 55.9 Å². The molecule has 4 heteroatoms. The van der Waals surface area contributed by atoms with Gasteiger partial charge >= 0.3 is 0 Å². The van der Waals surface area contributed by atoms with E-state index in [1.165, 1.54) is 0 Å². The zero-order valence-corrected chi connectivity index (χ0v) is 10.8. The van der Waals surface area contributed by atoms with E-state index in [1.807, 2.05) is 47.3 Å². The summed E-state index contributed by atoms with van der Waals surface area (Å²) in [6.45, 7) is 0. The molecule has 0 aliphatic rings. The molecule has 0 saturated heterocycles. The van der Waals surface area contributed by atoms with Crippen molar-refractivity contribution in [1.82, 2.24) is 15.2 Å². The quantitative estimate of drug-likeness (QED) is 0.359. The summed E-state index contributed by atoms with van der Waals surface area (Å²) in [6.07, 6.45) is 9.77. The molecule has 2 rings (SSSR count). The molecule has 0 spiro atoms. The van der Waals surface area contributed by atoms with Crippen LogP contribution in [0.4, 0.5) is 0 Å². The lowest BCUT2D eigenvalue weighted by molar-refractivity contribution is 0.488. The number of unbranched alkanes of at least 4 members (excludes halogenated alkanes) is 1. The highest BCUT2D eigenvalue weighted by atomic mass is 15.3. The maximum atomic E-state index is 5.58. The summed E-state index contributed by atoms with van der Waals surface area (Å²) in [4.78, 5) is 0. The first kappa shape index (κ1) is 13.3. The number of terminal acetylenes is 1. The van der Waals surface area contributed by atoms with Gasteiger partial charge in [0.25, 0.3) is 0 Å². The van der Waals surface area contributed by atoms with E-state index in [1.54, 1.807) is 0 Å². The highest BCUT2D eigenvalue weighted by Crippen LogP contribution is 2.17. The van der Waals surface area contributed by atoms with Gasteiger partial charge in [-0.25, -0.2) is 4.68 Å². The monoisotopic (exact) mass is 254 g/mol. The van der Waals surface area contributed by atoms with Crippen LogP contribution >= 0.6 is 0 Å². The van der Waals surface area contributed by atoms with Crippen LogP contribution in [0.15, 0.2) is 42.6 Å². The van der Waals surface area contributed by atoms with Crippen molar-refractivity contribution in [2.75, 3.05) is 0 Å². The largest absolute Gasteiger partial charge is 0.271 e. The maximum absolute atomic E-state index is 5.58. The minimum absolute atomic E-state index is 0.0401. The Morgan fingerprint density at radius 2 is 2.11 bits per heavy atom. The van der Waals surface area contributed by atoms with Crippen molar-refractivity contribution < 1.29 is 0 Å². The fraction of sp³-hybridized carbons (Fsp3) is 0.267. The summed E-state index contributed by atoms with van der Waals surface area (Å²) in [7, 11) is 0. The molecule has 1 aromatic carbocycles. The molecule has 3 N–H and O–H groups in total. The van der Waals surface area contributed by atoms with Crippen LogP contribution < -0.4 is 11.3 Å². The van der Waals surface area contributed by atoms with Crippen molar-refractivity contribution in [3.05, 3.63) is 48.3 Å². The fourth-order valence-corrected chi connectivity index (χ4v) is 1.97. The van der Waals surface area contributed by atoms with Gasteiger partial charge in [0.2, 0.25) is 0 Å². The van der Waals surface area contributed by atoms with Crippen molar-refractivity contribution in [2.45, 2.75) is 25.3 Å². The third-order valence-electron chi connectivity index (χ3n) is 3.00. The molecule has 0 saturated carbocycles. The minimum Gasteiger partial charge on any atom is -0.271 e. The van der Waals surface area contributed by atoms with Gasteiger partial charge in [-0.15, -0.1) is 12.3 Å². The fourth-order valence-electron chi connectivity index (χ4n) is 1.97. The lowest BCUT2D eigenvalue weighted by Gasteiger charge is -2.12. The van der Waals surface area contributed by atoms with Gasteiger partial charge in [0.05, 0.1) is 17.4 Å². The first-order valence-corrected chi connectivity index (χ1v) is 6.35. The Labute approximate surface area is 113 Å². The Hall–Kier alpha value is -2.09. The van der Waals surface area contributed by atoms with Gasteiger partial charge in [0.15, 0.2) is 0 Å². The second-order valence-electron chi connectivity index (χ2n) is 4.34. The lowest BCUT2D eigenvalue weighted by atomic mass is 10.1. The smallest absolute Gasteiger partial charge is 0.0811 e. The standard InChI is InChI=1S/C15H18N4/c1-2-3-5-10-14(17-16)15-11-12-19(18-15)13-8-6-4-7-9-13/h1,4,6-9,11-12,14,17H,3,5,10,16H2. The maximum Gasteiger partial charge on any atom is 0.0811 e. The van der Waals surface area contributed by atoms with Gasteiger partial charge < -0.3 is 0 Å². The number of nitrogens with two attached hydrogens (primary N) is 1. The average Bonchev–Trinajstić information content (AvgIpc) is 2.94. The van der Waals surface area contributed by atoms with Gasteiger partial charge in [0.1, 0.15) is 0 Å². The molecular formula is C15H18N4. The zero-order chi connectivity index (χ0) is 13.5. The Balaban J connectivity index is 2.09. The summed E-state index contributed by atoms with van der Waals surface area (Å²) in [5.74, 6) is 8.22. The van der Waals surface area contributed by atoms with Crippen LogP contribution in [-0.4, -0.2) is 9.78 Å². The SMILES string of the molecule is C#CCCCC(NN)c1ccn(-c2ccccc2)n1. The van der Waals surface area contributed by atoms with Crippen LogP contribution in [0.3, 0.4) is 0 Å². The summed E-state index contributed by atoms with van der Waals surface area (Å²) in [5, 5.41) is 4.55. The van der Waals surface area contributed by atoms with E-state index >= 15 is 0 Å². The molecule has 1 aromatic heterocycles. The van der Waals surface area contributed by atoms with Crippen LogP contribution in [0.1, 0.15) is 31.0 Å². The molecule has 2 aromatic rings. The summed E-state index contributed by atoms with van der Waals surface area (Å²) in [5.41, 5.74) is 4.77. The number of hydrazine groups is 1. The Bertz CT molecular complexity index is 539. The van der Waals surface area contributed by atoms with Gasteiger partial charge in [-0.3, -0.25) is 11.3 Å². The average molecular weight is 254 g/mol. The summed E-state index contributed by atoms with van der Waals surface area (Å²) in [6, 6.07) is 12.0. The number of benzene rings is 1. The zero-order valence-electron chi connectivity index (χ0n) is 10.8. The predicted octanol–water partition coefficient (Wildman–Crippen LogP) is 2.18. The highest BCUT2D eigenvalue weighted by molar-refractivity contribution is 5.30. The Kier molecular flexibility index (Phi) is 4.73. The molecule has 0 fully saturated rings. The number of hydrogen-bond donors (Lipinski definition) is 2. The molecule has 1 unspecified atom stereocenters. The van der Waals surface area contributed by atoms with Crippen molar-refractivity contribution in [2.24, 2.45) is 5.84 Å². The van der Waals surface area contributed by atoms with Gasteiger partial charge in [-0.1, -0.05) is 18.2 Å². The van der Waals surface area contributed by atoms with Crippen LogP contribution in [0.2, 0.25) is 0 Å². The third-order valence-corrected chi connectivity index (χ3v) is 3.00. The number of nitrogens with one attached hydrogen (secondary N) is 1. The van der Waals surface area contributed by atoms with Crippen LogP contribution in [-0.2, 0) is 0 Å². The van der Waals surface area contributed by atoms with E-state index in [4.69, 9.17) is 12.3 Å². The third kappa shape index (κ3) is 3.44. The van der Waals surface area contributed by atoms with Crippen molar-refractivity contribution in [3.8, 4) is 18.0 Å². The van der Waals surface area contributed by atoms with Crippen LogP contribution in [0.5, 0.6) is 0 Å². The molecule has 0 aliphatic heterocycles. The molecular weight excluding hydrogens is 236 g/mol. The van der Waals surface area contributed by atoms with Crippen LogP contribution in [0.25, 0.3) is 5.69 Å². The van der Waals surface area contributed by atoms with E-state index in [0.717, 1.165) is 30.6 Å². The van der Waals surface area contributed by atoms with Crippen molar-refractivity contribution in [3.63, 3.8) is 0 Å². The number of nitrogens with zero attached hydrogens (tertiary/aromatic N) is 2. The van der Waals surface area contributed by atoms with E-state index in [-0.39, 0.29) is 6.04 Å². The molecule has 19 heavy (non-hydrogen) atoms. The van der Waals surface area contributed by atoms with E-state index in [9.17, 15) is 0 Å². The molecule has 0 radical (unpaired) electrons. The lowest BCUT2D eigenvalue weighted by Crippen LogP contribution is -2.28. The van der Waals surface area contributed by atoms with E-state index in [0.29, 0.717) is 0 Å². The molecule has 4 nitrogen and oxygen atoms in total. The summed E-state index contributed by atoms with van der Waals surface area (Å²) < 4.78 is 1.85. The van der Waals surface area contributed by atoms with Gasteiger partial charge in [0, 0.05) is 12.6 Å². The second-order valence-corrected chi connectivity index (χ2v) is 4.34. The molecule has 0 amide bonds. The minimum atomic E-state index is 0.0401. The molecule has 1 heterocycles. The van der Waals surface area contributed by atoms with E-state index < -0.39 is 0 Å². The Morgan fingerprint density at radius 1 is 1.32 bits per heavy atom. The molecule has 0 bridgehead atoms. The molecule has 0 aliphatic carbocycles. The first-order valence-electron chi connectivity index (χ1n) is 6.35. The second kappa shape index (κ2) is 6.74. The first-order chi connectivity index (χ1) is 9.35. The Morgan fingerprint density at radius 3 is 2.79 bits per heavy atom. The van der Waals surface area contributed by atoms with Crippen LogP contribution in [0, 0.1) is 12.3 Å². The number of aromatic nitrogens is 2. The number of hydrogen-bond acceptors (Lipinski definition) is 3. The van der Waals surface area contributed by atoms with Gasteiger partial charge in [-0.05, 0) is 31.0 Å². The van der Waals surface area contributed by atoms with Crippen molar-refractivity contribution in [1.29, 1.82) is 0 Å². The normalized spacial score (nSPS) is 12.0. The molecule has 1 atom stereocenters. The van der Waals surface area contributed by atoms with E-state index in [2.05, 4.69) is 16.4 Å². The number of rotatable bonds is 6. The highest BCUT2D eigenvalue weighted by Gasteiger charge is 2.12. The van der Waals surface area contributed by atoms with Crippen molar-refractivity contribution >= 4 is 0 Å². The van der Waals surface area contributed by atoms with Gasteiger partial charge in [-0.2, -0.15) is 5.10 Å². The molecule has 98 valence electrons. The predicted molar refractivity (Wildman–Crippen MR) is 76.3 cm³/mol. The number of para-hydroxylation sites is 1.